The normalized spacial score (nSPS) is 14.3. The van der Waals surface area contributed by atoms with E-state index in [4.69, 9.17) is 21.3 Å². The van der Waals surface area contributed by atoms with Crippen LogP contribution in [0.3, 0.4) is 0 Å². The molecule has 0 bridgehead atoms. The summed E-state index contributed by atoms with van der Waals surface area (Å²) in [5.74, 6) is -0.342. The lowest BCUT2D eigenvalue weighted by Gasteiger charge is -2.22. The second-order valence-corrected chi connectivity index (χ2v) is 9.62. The molecular weight excluding hydrogens is 556 g/mol. The van der Waals surface area contributed by atoms with Crippen LogP contribution in [0.1, 0.15) is 49.4 Å². The number of nitro benzene ring substituents is 1. The number of methoxy groups -OCH3 is 1. The molecule has 0 N–H and O–H groups in total. The first-order valence-corrected chi connectivity index (χ1v) is 12.4. The SMILES string of the molecule is COC(=O)COc1c(Cl)cc(C=Nn2c(C3CCCCC3)nc3ccc(Br)cc3c2=O)cc1[N+](=O)[O-]. The average molecular weight is 578 g/mol. The van der Waals surface area contributed by atoms with Crippen LogP contribution in [-0.2, 0) is 9.53 Å². The Bertz CT molecular complexity index is 1420. The van der Waals surface area contributed by atoms with Crippen molar-refractivity contribution in [2.24, 2.45) is 5.10 Å². The number of nitro groups is 1. The number of hydrogen-bond donors (Lipinski definition) is 0. The largest absolute Gasteiger partial charge is 0.474 e. The molecule has 36 heavy (non-hydrogen) atoms. The highest BCUT2D eigenvalue weighted by molar-refractivity contribution is 9.10. The molecule has 4 rings (SSSR count). The third kappa shape index (κ3) is 5.57. The number of fused-ring (bicyclic) bond motifs is 1. The number of esters is 1. The fraction of sp³-hybridized carbons (Fsp3) is 0.333. The smallest absolute Gasteiger partial charge is 0.343 e. The monoisotopic (exact) mass is 576 g/mol. The number of nitrogens with zero attached hydrogens (tertiary/aromatic N) is 4. The standard InChI is InChI=1S/C24H22BrClN4O6/c1-35-21(31)13-36-22-18(26)9-14(10-20(22)30(33)34)12-27-29-23(15-5-3-2-4-6-15)28-19-8-7-16(25)11-17(19)24(29)32/h7-12,15H,2-6,13H2,1H3. The molecule has 3 aromatic rings. The summed E-state index contributed by atoms with van der Waals surface area (Å²) in [5.41, 5.74) is 0.0685. The van der Waals surface area contributed by atoms with Gasteiger partial charge in [-0.1, -0.05) is 46.8 Å². The molecule has 1 heterocycles. The summed E-state index contributed by atoms with van der Waals surface area (Å²) in [5, 5.41) is 16.4. The second kappa shape index (κ2) is 11.2. The summed E-state index contributed by atoms with van der Waals surface area (Å²) in [6.07, 6.45) is 6.33. The second-order valence-electron chi connectivity index (χ2n) is 8.30. The van der Waals surface area contributed by atoms with Gasteiger partial charge in [0.05, 0.1) is 34.2 Å². The molecule has 0 atom stereocenters. The van der Waals surface area contributed by atoms with Gasteiger partial charge in [-0.15, -0.1) is 0 Å². The quantitative estimate of drug-likeness (QED) is 0.163. The van der Waals surface area contributed by atoms with Crippen LogP contribution in [0, 0.1) is 10.1 Å². The highest BCUT2D eigenvalue weighted by atomic mass is 79.9. The third-order valence-corrected chi connectivity index (χ3v) is 6.71. The molecular formula is C24H22BrClN4O6. The van der Waals surface area contributed by atoms with Crippen LogP contribution in [0.15, 0.2) is 44.7 Å². The summed E-state index contributed by atoms with van der Waals surface area (Å²) in [6.45, 7) is -0.539. The highest BCUT2D eigenvalue weighted by Crippen LogP contribution is 2.36. The van der Waals surface area contributed by atoms with Crippen LogP contribution in [0.2, 0.25) is 5.02 Å². The number of carbonyl (C=O) groups excluding carboxylic acids is 1. The van der Waals surface area contributed by atoms with Crippen molar-refractivity contribution in [2.75, 3.05) is 13.7 Å². The first-order valence-electron chi connectivity index (χ1n) is 11.2. The molecule has 1 aliphatic rings. The van der Waals surface area contributed by atoms with Gasteiger partial charge in [0.15, 0.2) is 6.61 Å². The Morgan fingerprint density at radius 2 is 2.06 bits per heavy atom. The Morgan fingerprint density at radius 1 is 1.31 bits per heavy atom. The molecule has 0 unspecified atom stereocenters. The van der Waals surface area contributed by atoms with E-state index in [0.717, 1.165) is 36.6 Å². The van der Waals surface area contributed by atoms with E-state index >= 15 is 0 Å². The molecule has 1 saturated carbocycles. The van der Waals surface area contributed by atoms with Crippen LogP contribution in [0.4, 0.5) is 5.69 Å². The number of hydrogen-bond acceptors (Lipinski definition) is 8. The van der Waals surface area contributed by atoms with E-state index in [-0.39, 0.29) is 27.8 Å². The predicted octanol–water partition coefficient (Wildman–Crippen LogP) is 5.20. The molecule has 2 aromatic carbocycles. The topological polar surface area (TPSA) is 126 Å². The molecule has 0 spiro atoms. The van der Waals surface area contributed by atoms with E-state index in [1.807, 2.05) is 6.07 Å². The molecule has 0 amide bonds. The summed E-state index contributed by atoms with van der Waals surface area (Å²) >= 11 is 9.63. The predicted molar refractivity (Wildman–Crippen MR) is 138 cm³/mol. The van der Waals surface area contributed by atoms with E-state index in [1.165, 1.54) is 30.1 Å². The van der Waals surface area contributed by atoms with E-state index in [0.29, 0.717) is 16.7 Å². The maximum atomic E-state index is 13.4. The van der Waals surface area contributed by atoms with Gasteiger partial charge >= 0.3 is 11.7 Å². The maximum absolute atomic E-state index is 13.4. The fourth-order valence-corrected chi connectivity index (χ4v) is 4.81. The van der Waals surface area contributed by atoms with Crippen molar-refractivity contribution in [3.63, 3.8) is 0 Å². The Labute approximate surface area is 219 Å². The number of ether oxygens (including phenoxy) is 2. The van der Waals surface area contributed by atoms with Gasteiger partial charge in [-0.25, -0.2) is 9.78 Å². The van der Waals surface area contributed by atoms with Crippen molar-refractivity contribution >= 4 is 56.3 Å². The number of rotatable bonds is 7. The molecule has 0 radical (unpaired) electrons. The molecule has 1 aromatic heterocycles. The van der Waals surface area contributed by atoms with Crippen molar-refractivity contribution in [1.29, 1.82) is 0 Å². The molecule has 0 saturated heterocycles. The van der Waals surface area contributed by atoms with Crippen molar-refractivity contribution in [3.8, 4) is 5.75 Å². The van der Waals surface area contributed by atoms with Crippen molar-refractivity contribution in [2.45, 2.75) is 38.0 Å². The van der Waals surface area contributed by atoms with Crippen molar-refractivity contribution in [1.82, 2.24) is 9.66 Å². The van der Waals surface area contributed by atoms with E-state index in [2.05, 4.69) is 25.8 Å². The Hall–Kier alpha value is -3.31. The number of aromatic nitrogens is 2. The minimum atomic E-state index is -0.712. The lowest BCUT2D eigenvalue weighted by Crippen LogP contribution is -2.25. The summed E-state index contributed by atoms with van der Waals surface area (Å²) in [7, 11) is 1.17. The van der Waals surface area contributed by atoms with Crippen LogP contribution >= 0.6 is 27.5 Å². The van der Waals surface area contributed by atoms with Gasteiger partial charge < -0.3 is 9.47 Å². The zero-order valence-corrected chi connectivity index (χ0v) is 21.6. The first-order chi connectivity index (χ1) is 17.3. The zero-order chi connectivity index (χ0) is 25.8. The zero-order valence-electron chi connectivity index (χ0n) is 19.3. The Balaban J connectivity index is 1.78. The van der Waals surface area contributed by atoms with E-state index in [9.17, 15) is 19.7 Å². The van der Waals surface area contributed by atoms with Gasteiger partial charge in [0, 0.05) is 22.0 Å². The third-order valence-electron chi connectivity index (χ3n) is 5.93. The van der Waals surface area contributed by atoms with Gasteiger partial charge in [-0.2, -0.15) is 9.78 Å². The van der Waals surface area contributed by atoms with Gasteiger partial charge in [-0.3, -0.25) is 14.9 Å². The first kappa shape index (κ1) is 25.8. The van der Waals surface area contributed by atoms with Gasteiger partial charge in [0.2, 0.25) is 5.75 Å². The minimum Gasteiger partial charge on any atom is -0.474 e. The van der Waals surface area contributed by atoms with E-state index < -0.39 is 23.2 Å². The minimum absolute atomic E-state index is 0.0728. The highest BCUT2D eigenvalue weighted by Gasteiger charge is 2.24. The maximum Gasteiger partial charge on any atom is 0.343 e. The molecule has 1 fully saturated rings. The number of carbonyl (C=O) groups is 1. The number of halogens is 2. The lowest BCUT2D eigenvalue weighted by atomic mass is 9.88. The summed E-state index contributed by atoms with van der Waals surface area (Å²) < 4.78 is 11.7. The lowest BCUT2D eigenvalue weighted by molar-refractivity contribution is -0.385. The van der Waals surface area contributed by atoms with Crippen LogP contribution in [0.5, 0.6) is 5.75 Å². The molecule has 0 aliphatic heterocycles. The van der Waals surface area contributed by atoms with Crippen molar-refractivity contribution in [3.05, 3.63) is 71.7 Å². The van der Waals surface area contributed by atoms with Crippen LogP contribution in [0.25, 0.3) is 10.9 Å². The molecule has 1 aliphatic carbocycles. The van der Waals surface area contributed by atoms with Gasteiger partial charge in [0.1, 0.15) is 5.82 Å². The average Bonchev–Trinajstić information content (AvgIpc) is 2.87. The van der Waals surface area contributed by atoms with E-state index in [1.54, 1.807) is 12.1 Å². The van der Waals surface area contributed by atoms with Gasteiger partial charge in [0.25, 0.3) is 5.56 Å². The van der Waals surface area contributed by atoms with Crippen molar-refractivity contribution < 1.29 is 19.2 Å². The Kier molecular flexibility index (Phi) is 8.00. The molecule has 188 valence electrons. The van der Waals surface area contributed by atoms with Gasteiger partial charge in [-0.05, 0) is 37.1 Å². The fourth-order valence-electron chi connectivity index (χ4n) is 4.17. The summed E-state index contributed by atoms with van der Waals surface area (Å²) in [6, 6.07) is 7.92. The molecule has 10 nitrogen and oxygen atoms in total. The molecule has 12 heteroatoms. The number of benzene rings is 2. The Morgan fingerprint density at radius 3 is 2.75 bits per heavy atom. The summed E-state index contributed by atoms with van der Waals surface area (Å²) in [4.78, 5) is 40.6. The van der Waals surface area contributed by atoms with Crippen LogP contribution in [-0.4, -0.2) is 40.5 Å². The van der Waals surface area contributed by atoms with Crippen LogP contribution < -0.4 is 10.3 Å².